The molecule has 6 nitrogen and oxygen atoms in total. The minimum absolute atomic E-state index is 0.00995. The minimum Gasteiger partial charge on any atom is -0.469 e. The predicted octanol–water partition coefficient (Wildman–Crippen LogP) is 4.43. The van der Waals surface area contributed by atoms with Crippen LogP contribution in [0.15, 0.2) is 63.8 Å². The van der Waals surface area contributed by atoms with Gasteiger partial charge in [-0.3, -0.25) is 14.5 Å². The molecule has 3 aliphatic rings. The number of hydrogen-bond acceptors (Lipinski definition) is 5. The molecule has 1 amide bonds. The Bertz CT molecular complexity index is 1140. The van der Waals surface area contributed by atoms with Crippen molar-refractivity contribution in [1.29, 1.82) is 0 Å². The van der Waals surface area contributed by atoms with E-state index in [1.807, 2.05) is 24.3 Å². The van der Waals surface area contributed by atoms with E-state index in [0.29, 0.717) is 10.7 Å². The summed E-state index contributed by atoms with van der Waals surface area (Å²) in [5.74, 6) is -0.377. The van der Waals surface area contributed by atoms with Crippen molar-refractivity contribution in [2.45, 2.75) is 30.3 Å². The van der Waals surface area contributed by atoms with Gasteiger partial charge in [0.25, 0.3) is 0 Å². The van der Waals surface area contributed by atoms with Gasteiger partial charge >= 0.3 is 0 Å². The molecule has 2 saturated heterocycles. The van der Waals surface area contributed by atoms with Gasteiger partial charge in [-0.25, -0.2) is 0 Å². The van der Waals surface area contributed by atoms with Gasteiger partial charge in [-0.1, -0.05) is 11.6 Å². The summed E-state index contributed by atoms with van der Waals surface area (Å²) >= 11 is 6.36. The van der Waals surface area contributed by atoms with E-state index in [-0.39, 0.29) is 29.4 Å². The molecule has 0 aliphatic carbocycles. The van der Waals surface area contributed by atoms with Gasteiger partial charge in [-0.15, -0.1) is 0 Å². The molecular weight excluding hydrogens is 404 g/mol. The zero-order valence-electron chi connectivity index (χ0n) is 16.0. The molecule has 152 valence electrons. The number of anilines is 1. The normalized spacial score (nSPS) is 29.9. The SMILES string of the molecule is O=C(c1ccco1)C1C(c2ccco2)C2CCCN2C12C(=O)Nc1ccc(Cl)cc12. The van der Waals surface area contributed by atoms with Crippen LogP contribution in [0.2, 0.25) is 5.02 Å². The van der Waals surface area contributed by atoms with Crippen LogP contribution in [0, 0.1) is 5.92 Å². The van der Waals surface area contributed by atoms with Crippen molar-refractivity contribution in [1.82, 2.24) is 4.90 Å². The van der Waals surface area contributed by atoms with Gasteiger partial charge in [0, 0.05) is 28.2 Å². The van der Waals surface area contributed by atoms with Crippen molar-refractivity contribution in [3.63, 3.8) is 0 Å². The van der Waals surface area contributed by atoms with Crippen molar-refractivity contribution in [3.8, 4) is 0 Å². The number of furan rings is 2. The molecule has 7 heteroatoms. The number of carbonyl (C=O) groups is 2. The van der Waals surface area contributed by atoms with Crippen LogP contribution in [0.5, 0.6) is 0 Å². The lowest BCUT2D eigenvalue weighted by molar-refractivity contribution is -0.127. The summed E-state index contributed by atoms with van der Waals surface area (Å²) in [6.07, 6.45) is 4.94. The van der Waals surface area contributed by atoms with E-state index < -0.39 is 11.5 Å². The highest BCUT2D eigenvalue weighted by Crippen LogP contribution is 2.61. The number of halogens is 1. The molecule has 30 heavy (non-hydrogen) atoms. The average Bonchev–Trinajstić information content (AvgIpc) is 3.54. The molecular formula is C23H19ClN2O4. The highest BCUT2D eigenvalue weighted by molar-refractivity contribution is 6.31. The zero-order chi connectivity index (χ0) is 20.5. The van der Waals surface area contributed by atoms with Crippen molar-refractivity contribution >= 4 is 29.0 Å². The van der Waals surface area contributed by atoms with Crippen LogP contribution >= 0.6 is 11.6 Å². The fourth-order valence-electron chi connectivity index (χ4n) is 5.90. The van der Waals surface area contributed by atoms with Crippen LogP contribution < -0.4 is 5.32 Å². The van der Waals surface area contributed by atoms with E-state index in [9.17, 15) is 9.59 Å². The largest absolute Gasteiger partial charge is 0.469 e. The molecule has 3 aromatic rings. The maximum Gasteiger partial charge on any atom is 0.250 e. The maximum atomic E-state index is 13.9. The summed E-state index contributed by atoms with van der Waals surface area (Å²) < 4.78 is 11.3. The Labute approximate surface area is 177 Å². The second-order valence-corrected chi connectivity index (χ2v) is 8.61. The Morgan fingerprint density at radius 1 is 1.17 bits per heavy atom. The summed E-state index contributed by atoms with van der Waals surface area (Å²) in [6.45, 7) is 0.725. The minimum atomic E-state index is -1.15. The number of benzene rings is 1. The Balaban J connectivity index is 1.64. The number of hydrogen-bond donors (Lipinski definition) is 1. The average molecular weight is 423 g/mol. The van der Waals surface area contributed by atoms with Gasteiger partial charge in [-0.2, -0.15) is 0 Å². The number of Topliss-reactive ketones (excluding diaryl/α,β-unsaturated/α-hetero) is 1. The molecule has 4 unspecified atom stereocenters. The van der Waals surface area contributed by atoms with Crippen LogP contribution in [0.1, 0.15) is 40.6 Å². The molecule has 0 radical (unpaired) electrons. The van der Waals surface area contributed by atoms with Crippen LogP contribution in [-0.4, -0.2) is 29.2 Å². The lowest BCUT2D eigenvalue weighted by atomic mass is 9.70. The van der Waals surface area contributed by atoms with Crippen molar-refractivity contribution < 1.29 is 18.4 Å². The number of rotatable bonds is 3. The van der Waals surface area contributed by atoms with E-state index >= 15 is 0 Å². The summed E-state index contributed by atoms with van der Waals surface area (Å²) in [6, 6.07) is 12.5. The van der Waals surface area contributed by atoms with Crippen molar-refractivity contribution in [3.05, 3.63) is 77.1 Å². The van der Waals surface area contributed by atoms with E-state index in [1.165, 1.54) is 6.26 Å². The molecule has 4 atom stereocenters. The van der Waals surface area contributed by atoms with Crippen molar-refractivity contribution in [2.24, 2.45) is 5.92 Å². The first-order valence-electron chi connectivity index (χ1n) is 10.1. The van der Waals surface area contributed by atoms with Gasteiger partial charge in [0.05, 0.1) is 18.4 Å². The van der Waals surface area contributed by atoms with E-state index in [1.54, 1.807) is 24.5 Å². The lowest BCUT2D eigenvalue weighted by Crippen LogP contribution is -2.52. The topological polar surface area (TPSA) is 75.7 Å². The third kappa shape index (κ3) is 2.18. The van der Waals surface area contributed by atoms with Gasteiger partial charge in [-0.05, 0) is 61.9 Å². The summed E-state index contributed by atoms with van der Waals surface area (Å²) in [7, 11) is 0. The van der Waals surface area contributed by atoms with Gasteiger partial charge in [0.15, 0.2) is 5.76 Å². The standard InChI is InChI=1S/C23H19ClN2O4/c24-13-7-8-15-14(12-13)23(22(28)25-15)20(21(27)18-6-3-11-30-18)19(17-5-2-10-29-17)16-4-1-9-26(16)23/h2-3,5-8,10-12,16,19-20H,1,4,9H2,(H,25,28). The molecule has 1 spiro atoms. The highest BCUT2D eigenvalue weighted by Gasteiger charge is 2.70. The molecule has 3 aliphatic heterocycles. The summed E-state index contributed by atoms with van der Waals surface area (Å²) in [4.78, 5) is 29.8. The highest BCUT2D eigenvalue weighted by atomic mass is 35.5. The van der Waals surface area contributed by atoms with Crippen molar-refractivity contribution in [2.75, 3.05) is 11.9 Å². The maximum absolute atomic E-state index is 13.9. The predicted molar refractivity (Wildman–Crippen MR) is 109 cm³/mol. The molecule has 0 bridgehead atoms. The molecule has 6 rings (SSSR count). The third-order valence-electron chi connectivity index (χ3n) is 6.88. The quantitative estimate of drug-likeness (QED) is 0.632. The fourth-order valence-corrected chi connectivity index (χ4v) is 6.07. The zero-order valence-corrected chi connectivity index (χ0v) is 16.8. The van der Waals surface area contributed by atoms with Crippen LogP contribution in [0.4, 0.5) is 5.69 Å². The molecule has 1 aromatic carbocycles. The Morgan fingerprint density at radius 2 is 2.00 bits per heavy atom. The van der Waals surface area contributed by atoms with E-state index in [4.69, 9.17) is 20.4 Å². The van der Waals surface area contributed by atoms with E-state index in [0.717, 1.165) is 30.7 Å². The monoisotopic (exact) mass is 422 g/mol. The Hall–Kier alpha value is -2.83. The molecule has 2 fully saturated rings. The van der Waals surface area contributed by atoms with Gasteiger partial charge in [0.1, 0.15) is 11.3 Å². The Morgan fingerprint density at radius 3 is 2.77 bits per heavy atom. The smallest absolute Gasteiger partial charge is 0.250 e. The molecule has 5 heterocycles. The fraction of sp³-hybridized carbons (Fsp3) is 0.304. The van der Waals surface area contributed by atoms with Gasteiger partial charge < -0.3 is 14.2 Å². The van der Waals surface area contributed by atoms with Crippen LogP contribution in [-0.2, 0) is 10.3 Å². The van der Waals surface area contributed by atoms with Crippen LogP contribution in [0.25, 0.3) is 0 Å². The van der Waals surface area contributed by atoms with E-state index in [2.05, 4.69) is 10.2 Å². The number of nitrogens with zero attached hydrogens (tertiary/aromatic N) is 1. The van der Waals surface area contributed by atoms with Gasteiger partial charge in [0.2, 0.25) is 11.7 Å². The number of nitrogens with one attached hydrogen (secondary N) is 1. The second-order valence-electron chi connectivity index (χ2n) is 8.17. The second kappa shape index (κ2) is 6.33. The summed E-state index contributed by atoms with van der Waals surface area (Å²) in [5.41, 5.74) is 0.307. The Kier molecular flexibility index (Phi) is 3.80. The summed E-state index contributed by atoms with van der Waals surface area (Å²) in [5, 5.41) is 3.55. The number of fused-ring (bicyclic) bond motifs is 4. The lowest BCUT2D eigenvalue weighted by Gasteiger charge is -2.36. The number of carbonyl (C=O) groups excluding carboxylic acids is 2. The molecule has 1 N–H and O–H groups in total. The number of amides is 1. The third-order valence-corrected chi connectivity index (χ3v) is 7.12. The first-order chi connectivity index (χ1) is 14.6. The molecule has 0 saturated carbocycles. The first kappa shape index (κ1) is 18.0. The number of ketones is 1. The van der Waals surface area contributed by atoms with Crippen LogP contribution in [0.3, 0.4) is 0 Å². The first-order valence-corrected chi connectivity index (χ1v) is 10.5. The molecule has 2 aromatic heterocycles.